The van der Waals surface area contributed by atoms with E-state index >= 15 is 0 Å². The topological polar surface area (TPSA) is 52.6 Å². The Morgan fingerprint density at radius 2 is 2.22 bits per heavy atom. The minimum absolute atomic E-state index is 0.376. The van der Waals surface area contributed by atoms with Gasteiger partial charge in [-0.2, -0.15) is 0 Å². The molecule has 0 aromatic heterocycles. The van der Waals surface area contributed by atoms with Gasteiger partial charge < -0.3 is 15.3 Å². The van der Waals surface area contributed by atoms with Crippen LogP contribution in [0.2, 0.25) is 0 Å². The molecule has 2 unspecified atom stereocenters. The van der Waals surface area contributed by atoms with E-state index in [9.17, 15) is 9.90 Å². The van der Waals surface area contributed by atoms with E-state index in [0.717, 1.165) is 26.1 Å². The quantitative estimate of drug-likeness (QED) is 0.729. The highest BCUT2D eigenvalue weighted by atomic mass is 16.4. The second kappa shape index (κ2) is 7.74. The van der Waals surface area contributed by atoms with Gasteiger partial charge in [0.1, 0.15) is 6.04 Å². The summed E-state index contributed by atoms with van der Waals surface area (Å²) >= 11 is 0. The largest absolute Gasteiger partial charge is 0.480 e. The minimum atomic E-state index is -0.710. The summed E-state index contributed by atoms with van der Waals surface area (Å²) in [6.45, 7) is 10.5. The van der Waals surface area contributed by atoms with Crippen molar-refractivity contribution in [3.8, 4) is 0 Å². The molecule has 4 nitrogen and oxygen atoms in total. The number of likely N-dealkylation sites (N-methyl/N-ethyl adjacent to an activating group) is 1. The fourth-order valence-electron chi connectivity index (χ4n) is 2.88. The summed E-state index contributed by atoms with van der Waals surface area (Å²) < 4.78 is 0. The van der Waals surface area contributed by atoms with E-state index < -0.39 is 5.97 Å². The lowest BCUT2D eigenvalue weighted by Crippen LogP contribution is -2.43. The Bertz CT molecular complexity index is 256. The van der Waals surface area contributed by atoms with Gasteiger partial charge in [-0.3, -0.25) is 4.79 Å². The normalized spacial score (nSPS) is 23.2. The highest BCUT2D eigenvalue weighted by Gasteiger charge is 2.26. The van der Waals surface area contributed by atoms with Crippen molar-refractivity contribution in [3.05, 3.63) is 0 Å². The number of hydrogen-bond acceptors (Lipinski definition) is 3. The van der Waals surface area contributed by atoms with Gasteiger partial charge in [0, 0.05) is 13.1 Å². The van der Waals surface area contributed by atoms with Crippen LogP contribution in [0.3, 0.4) is 0 Å². The first-order valence-corrected chi connectivity index (χ1v) is 7.21. The molecule has 1 rings (SSSR count). The zero-order valence-corrected chi connectivity index (χ0v) is 12.0. The molecular formula is C14H28N2O2. The summed E-state index contributed by atoms with van der Waals surface area (Å²) in [7, 11) is 0. The van der Waals surface area contributed by atoms with Crippen LogP contribution in [0.1, 0.15) is 40.0 Å². The molecule has 0 radical (unpaired) electrons. The third-order valence-corrected chi connectivity index (χ3v) is 3.54. The number of nitrogens with zero attached hydrogens (tertiary/aromatic N) is 1. The third kappa shape index (κ3) is 5.36. The van der Waals surface area contributed by atoms with Gasteiger partial charge >= 0.3 is 5.97 Å². The molecule has 0 aliphatic carbocycles. The van der Waals surface area contributed by atoms with Crippen LogP contribution in [0.4, 0.5) is 0 Å². The van der Waals surface area contributed by atoms with Crippen LogP contribution in [0.5, 0.6) is 0 Å². The van der Waals surface area contributed by atoms with Gasteiger partial charge in [-0.25, -0.2) is 0 Å². The maximum atomic E-state index is 11.1. The standard InChI is InChI=1S/C14H28N2O2/c1-4-15-13(14(17)18)8-12-6-5-7-16(10-12)9-11(2)3/h11-13,15H,4-10H2,1-3H3,(H,17,18). The molecule has 4 heteroatoms. The van der Waals surface area contributed by atoms with Crippen molar-refractivity contribution >= 4 is 5.97 Å². The molecule has 2 N–H and O–H groups in total. The van der Waals surface area contributed by atoms with Gasteiger partial charge in [0.25, 0.3) is 0 Å². The number of nitrogens with one attached hydrogen (secondary N) is 1. The number of piperidine rings is 1. The molecule has 1 heterocycles. The summed E-state index contributed by atoms with van der Waals surface area (Å²) in [5, 5.41) is 12.2. The van der Waals surface area contributed by atoms with Crippen molar-refractivity contribution in [3.63, 3.8) is 0 Å². The molecule has 0 aromatic rings. The summed E-state index contributed by atoms with van der Waals surface area (Å²) in [6.07, 6.45) is 3.14. The number of carboxylic acid groups (broad SMARTS) is 1. The second-order valence-electron chi connectivity index (χ2n) is 5.85. The summed E-state index contributed by atoms with van der Waals surface area (Å²) in [4.78, 5) is 13.6. The van der Waals surface area contributed by atoms with Crippen LogP contribution in [-0.2, 0) is 4.79 Å². The first-order valence-electron chi connectivity index (χ1n) is 7.21. The Balaban J connectivity index is 2.42. The van der Waals surface area contributed by atoms with E-state index in [1.807, 2.05) is 6.92 Å². The van der Waals surface area contributed by atoms with Crippen molar-refractivity contribution in [1.29, 1.82) is 0 Å². The van der Waals surface area contributed by atoms with Gasteiger partial charge in [0.15, 0.2) is 0 Å². The Morgan fingerprint density at radius 3 is 2.78 bits per heavy atom. The molecule has 1 fully saturated rings. The SMILES string of the molecule is CCNC(CC1CCCN(CC(C)C)C1)C(=O)O. The van der Waals surface area contributed by atoms with Gasteiger partial charge in [0.2, 0.25) is 0 Å². The Labute approximate surface area is 111 Å². The van der Waals surface area contributed by atoms with Crippen molar-refractivity contribution < 1.29 is 9.90 Å². The van der Waals surface area contributed by atoms with E-state index in [0.29, 0.717) is 11.8 Å². The molecule has 1 aliphatic heterocycles. The lowest BCUT2D eigenvalue weighted by molar-refractivity contribution is -0.140. The molecule has 0 bridgehead atoms. The first-order chi connectivity index (χ1) is 8.52. The van der Waals surface area contributed by atoms with Crippen LogP contribution < -0.4 is 5.32 Å². The predicted molar refractivity (Wildman–Crippen MR) is 73.7 cm³/mol. The molecule has 0 spiro atoms. The highest BCUT2D eigenvalue weighted by molar-refractivity contribution is 5.73. The van der Waals surface area contributed by atoms with Crippen LogP contribution in [0, 0.1) is 11.8 Å². The molecule has 1 aliphatic rings. The molecule has 1 saturated heterocycles. The van der Waals surface area contributed by atoms with E-state index in [4.69, 9.17) is 0 Å². The lowest BCUT2D eigenvalue weighted by atomic mass is 9.91. The van der Waals surface area contributed by atoms with E-state index in [1.54, 1.807) is 0 Å². The fourth-order valence-corrected chi connectivity index (χ4v) is 2.88. The maximum absolute atomic E-state index is 11.1. The number of aliphatic carboxylic acids is 1. The fraction of sp³-hybridized carbons (Fsp3) is 0.929. The average Bonchev–Trinajstić information content (AvgIpc) is 2.28. The third-order valence-electron chi connectivity index (χ3n) is 3.54. The predicted octanol–water partition coefficient (Wildman–Crippen LogP) is 1.81. The second-order valence-corrected chi connectivity index (χ2v) is 5.85. The van der Waals surface area contributed by atoms with E-state index in [1.165, 1.54) is 19.4 Å². The van der Waals surface area contributed by atoms with Crippen LogP contribution in [-0.4, -0.2) is 48.2 Å². The zero-order valence-electron chi connectivity index (χ0n) is 12.0. The molecule has 0 amide bonds. The van der Waals surface area contributed by atoms with Crippen molar-refractivity contribution in [2.75, 3.05) is 26.2 Å². The molecular weight excluding hydrogens is 228 g/mol. The number of likely N-dealkylation sites (tertiary alicyclic amines) is 1. The number of carboxylic acids is 1. The van der Waals surface area contributed by atoms with Gasteiger partial charge in [0.05, 0.1) is 0 Å². The minimum Gasteiger partial charge on any atom is -0.480 e. The van der Waals surface area contributed by atoms with Crippen molar-refractivity contribution in [2.45, 2.75) is 46.1 Å². The molecule has 0 saturated carbocycles. The Hall–Kier alpha value is -0.610. The van der Waals surface area contributed by atoms with Crippen molar-refractivity contribution in [1.82, 2.24) is 10.2 Å². The van der Waals surface area contributed by atoms with Crippen molar-refractivity contribution in [2.24, 2.45) is 11.8 Å². The molecule has 0 aromatic carbocycles. The van der Waals surface area contributed by atoms with Gasteiger partial charge in [-0.15, -0.1) is 0 Å². The number of carbonyl (C=O) groups is 1. The van der Waals surface area contributed by atoms with E-state index in [2.05, 4.69) is 24.1 Å². The van der Waals surface area contributed by atoms with Crippen LogP contribution in [0.25, 0.3) is 0 Å². The van der Waals surface area contributed by atoms with Gasteiger partial charge in [-0.05, 0) is 44.2 Å². The Kier molecular flexibility index (Phi) is 6.65. The molecule has 2 atom stereocenters. The van der Waals surface area contributed by atoms with E-state index in [-0.39, 0.29) is 6.04 Å². The number of rotatable bonds is 7. The van der Waals surface area contributed by atoms with Crippen LogP contribution >= 0.6 is 0 Å². The highest BCUT2D eigenvalue weighted by Crippen LogP contribution is 2.21. The number of hydrogen-bond donors (Lipinski definition) is 2. The summed E-state index contributed by atoms with van der Waals surface area (Å²) in [6, 6.07) is -0.376. The Morgan fingerprint density at radius 1 is 1.50 bits per heavy atom. The molecule has 106 valence electrons. The summed E-state index contributed by atoms with van der Waals surface area (Å²) in [5.41, 5.74) is 0. The zero-order chi connectivity index (χ0) is 13.5. The maximum Gasteiger partial charge on any atom is 0.320 e. The summed E-state index contributed by atoms with van der Waals surface area (Å²) in [5.74, 6) is 0.503. The smallest absolute Gasteiger partial charge is 0.320 e. The average molecular weight is 256 g/mol. The monoisotopic (exact) mass is 256 g/mol. The van der Waals surface area contributed by atoms with Gasteiger partial charge in [-0.1, -0.05) is 20.8 Å². The molecule has 18 heavy (non-hydrogen) atoms. The first kappa shape index (κ1) is 15.4. The lowest BCUT2D eigenvalue weighted by Gasteiger charge is -2.34. The van der Waals surface area contributed by atoms with Crippen LogP contribution in [0.15, 0.2) is 0 Å².